The Labute approximate surface area is 171 Å². The molecule has 1 atom stereocenters. The zero-order valence-corrected chi connectivity index (χ0v) is 18.6. The summed E-state index contributed by atoms with van der Waals surface area (Å²) in [7, 11) is 1.85. The predicted molar refractivity (Wildman–Crippen MR) is 117 cm³/mol. The molecule has 2 fully saturated rings. The van der Waals surface area contributed by atoms with E-state index in [1.165, 1.54) is 58.0 Å². The lowest BCUT2D eigenvalue weighted by Crippen LogP contribution is -2.43. The predicted octanol–water partition coefficient (Wildman–Crippen LogP) is 3.24. The van der Waals surface area contributed by atoms with Crippen molar-refractivity contribution in [3.8, 4) is 0 Å². The number of guanidine groups is 1. The molecule has 1 heterocycles. The van der Waals surface area contributed by atoms with Crippen LogP contribution < -0.4 is 10.6 Å². The Balaban J connectivity index is 0.00000312. The molecule has 1 saturated carbocycles. The highest BCUT2D eigenvalue weighted by Crippen LogP contribution is 2.30. The molecule has 1 saturated heterocycles. The SMILES string of the molecule is CCOC(CCNC(=NC)NCCN1CCCCC1)C1CCCC1.I. The Morgan fingerprint density at radius 2 is 1.76 bits per heavy atom. The number of nitrogens with one attached hydrogen (secondary N) is 2. The van der Waals surface area contributed by atoms with Crippen LogP contribution in [0.2, 0.25) is 0 Å². The van der Waals surface area contributed by atoms with Crippen molar-refractivity contribution in [1.82, 2.24) is 15.5 Å². The van der Waals surface area contributed by atoms with Gasteiger partial charge in [-0.1, -0.05) is 19.3 Å². The highest BCUT2D eigenvalue weighted by Gasteiger charge is 2.25. The van der Waals surface area contributed by atoms with Crippen LogP contribution in [0.3, 0.4) is 0 Å². The summed E-state index contributed by atoms with van der Waals surface area (Å²) in [4.78, 5) is 6.90. The van der Waals surface area contributed by atoms with E-state index in [-0.39, 0.29) is 24.0 Å². The summed E-state index contributed by atoms with van der Waals surface area (Å²) in [5, 5.41) is 6.91. The van der Waals surface area contributed by atoms with Crippen LogP contribution in [0.15, 0.2) is 4.99 Å². The topological polar surface area (TPSA) is 48.9 Å². The van der Waals surface area contributed by atoms with Crippen molar-refractivity contribution in [3.63, 3.8) is 0 Å². The fraction of sp³-hybridized carbons (Fsp3) is 0.947. The van der Waals surface area contributed by atoms with E-state index in [2.05, 4.69) is 27.4 Å². The molecule has 0 spiro atoms. The lowest BCUT2D eigenvalue weighted by Gasteiger charge is -2.27. The first-order chi connectivity index (χ1) is 11.8. The van der Waals surface area contributed by atoms with Gasteiger partial charge in [0.25, 0.3) is 0 Å². The minimum Gasteiger partial charge on any atom is -0.378 e. The number of halogens is 1. The zero-order chi connectivity index (χ0) is 17.0. The van der Waals surface area contributed by atoms with Gasteiger partial charge in [-0.25, -0.2) is 0 Å². The van der Waals surface area contributed by atoms with Gasteiger partial charge < -0.3 is 20.3 Å². The van der Waals surface area contributed by atoms with Gasteiger partial charge in [0.05, 0.1) is 6.10 Å². The molecular formula is C19H39IN4O. The summed E-state index contributed by atoms with van der Waals surface area (Å²) >= 11 is 0. The number of aliphatic imine (C=N–C) groups is 1. The van der Waals surface area contributed by atoms with Crippen molar-refractivity contribution in [3.05, 3.63) is 0 Å². The molecule has 0 aromatic carbocycles. The largest absolute Gasteiger partial charge is 0.378 e. The van der Waals surface area contributed by atoms with Crippen LogP contribution in [0.25, 0.3) is 0 Å². The summed E-state index contributed by atoms with van der Waals surface area (Å²) < 4.78 is 5.99. The van der Waals surface area contributed by atoms with Gasteiger partial charge in [0.15, 0.2) is 5.96 Å². The van der Waals surface area contributed by atoms with Crippen LogP contribution in [-0.2, 0) is 4.74 Å². The molecule has 0 aromatic heterocycles. The zero-order valence-electron chi connectivity index (χ0n) is 16.3. The van der Waals surface area contributed by atoms with Gasteiger partial charge in [-0.15, -0.1) is 24.0 Å². The van der Waals surface area contributed by atoms with Gasteiger partial charge in [0, 0.05) is 33.3 Å². The Kier molecular flexibility index (Phi) is 12.9. The summed E-state index contributed by atoms with van der Waals surface area (Å²) in [6, 6.07) is 0. The van der Waals surface area contributed by atoms with E-state index in [1.807, 2.05) is 7.05 Å². The second kappa shape index (κ2) is 14.0. The fourth-order valence-corrected chi connectivity index (χ4v) is 4.07. The second-order valence-electron chi connectivity index (χ2n) is 7.16. The van der Waals surface area contributed by atoms with Crippen molar-refractivity contribution in [1.29, 1.82) is 0 Å². The third kappa shape index (κ3) is 8.91. The van der Waals surface area contributed by atoms with Crippen molar-refractivity contribution < 1.29 is 4.74 Å². The normalized spacial score (nSPS) is 21.0. The highest BCUT2D eigenvalue weighted by molar-refractivity contribution is 14.0. The Hall–Kier alpha value is -0.0800. The molecule has 1 aliphatic carbocycles. The lowest BCUT2D eigenvalue weighted by atomic mass is 9.98. The molecule has 1 aliphatic heterocycles. The van der Waals surface area contributed by atoms with Crippen molar-refractivity contribution in [2.45, 2.75) is 64.4 Å². The average molecular weight is 466 g/mol. The number of likely N-dealkylation sites (tertiary alicyclic amines) is 1. The van der Waals surface area contributed by atoms with Gasteiger partial charge in [0.2, 0.25) is 0 Å². The van der Waals surface area contributed by atoms with Crippen LogP contribution in [0.5, 0.6) is 0 Å². The van der Waals surface area contributed by atoms with Gasteiger partial charge in [-0.2, -0.15) is 0 Å². The van der Waals surface area contributed by atoms with E-state index in [9.17, 15) is 0 Å². The molecular weight excluding hydrogens is 427 g/mol. The average Bonchev–Trinajstić information content (AvgIpc) is 3.15. The Bertz CT molecular complexity index is 355. The van der Waals surface area contributed by atoms with Crippen molar-refractivity contribution >= 4 is 29.9 Å². The van der Waals surface area contributed by atoms with Crippen molar-refractivity contribution in [2.24, 2.45) is 10.9 Å². The number of piperidine rings is 1. The van der Waals surface area contributed by atoms with Gasteiger partial charge in [0.1, 0.15) is 0 Å². The van der Waals surface area contributed by atoms with E-state index < -0.39 is 0 Å². The molecule has 0 radical (unpaired) electrons. The first-order valence-electron chi connectivity index (χ1n) is 10.1. The molecule has 5 nitrogen and oxygen atoms in total. The van der Waals surface area contributed by atoms with Crippen molar-refractivity contribution in [2.75, 3.05) is 46.4 Å². The molecule has 6 heteroatoms. The quantitative estimate of drug-likeness (QED) is 0.311. The standard InChI is InChI=1S/C19H38N4O.HI/c1-3-24-18(17-9-5-6-10-17)11-12-21-19(20-2)22-13-16-23-14-7-4-8-15-23;/h17-18H,3-16H2,1-2H3,(H2,20,21,22);1H. The van der Waals surface area contributed by atoms with E-state index in [4.69, 9.17) is 4.74 Å². The number of nitrogens with zero attached hydrogens (tertiary/aromatic N) is 2. The number of rotatable bonds is 9. The maximum atomic E-state index is 5.99. The van der Waals surface area contributed by atoms with Crippen LogP contribution >= 0.6 is 24.0 Å². The maximum Gasteiger partial charge on any atom is 0.191 e. The van der Waals surface area contributed by atoms with Gasteiger partial charge in [-0.05, 0) is 58.0 Å². The Morgan fingerprint density at radius 1 is 1.08 bits per heavy atom. The second-order valence-corrected chi connectivity index (χ2v) is 7.16. The summed E-state index contributed by atoms with van der Waals surface area (Å²) in [6.45, 7) is 8.46. The van der Waals surface area contributed by atoms with E-state index in [0.29, 0.717) is 6.10 Å². The molecule has 148 valence electrons. The first kappa shape index (κ1) is 23.0. The van der Waals surface area contributed by atoms with E-state index >= 15 is 0 Å². The smallest absolute Gasteiger partial charge is 0.191 e. The van der Waals surface area contributed by atoms with E-state index in [0.717, 1.165) is 44.5 Å². The molecule has 2 rings (SSSR count). The minimum atomic E-state index is 0. The summed E-state index contributed by atoms with van der Waals surface area (Å²) in [5.41, 5.74) is 0. The number of hydrogen-bond donors (Lipinski definition) is 2. The third-order valence-electron chi connectivity index (χ3n) is 5.42. The molecule has 0 amide bonds. The first-order valence-corrected chi connectivity index (χ1v) is 10.1. The molecule has 2 aliphatic rings. The molecule has 2 N–H and O–H groups in total. The van der Waals surface area contributed by atoms with Gasteiger partial charge in [-0.3, -0.25) is 4.99 Å². The lowest BCUT2D eigenvalue weighted by molar-refractivity contribution is 0.0169. The summed E-state index contributed by atoms with van der Waals surface area (Å²) in [5.74, 6) is 1.69. The van der Waals surface area contributed by atoms with Crippen LogP contribution in [0.1, 0.15) is 58.3 Å². The highest BCUT2D eigenvalue weighted by atomic mass is 127. The van der Waals surface area contributed by atoms with Crippen LogP contribution in [-0.4, -0.2) is 63.3 Å². The molecule has 1 unspecified atom stereocenters. The van der Waals surface area contributed by atoms with Crippen LogP contribution in [0, 0.1) is 5.92 Å². The molecule has 0 aromatic rings. The van der Waals surface area contributed by atoms with Crippen LogP contribution in [0.4, 0.5) is 0 Å². The number of ether oxygens (including phenoxy) is 1. The van der Waals surface area contributed by atoms with Gasteiger partial charge >= 0.3 is 0 Å². The summed E-state index contributed by atoms with van der Waals surface area (Å²) in [6.07, 6.45) is 11.0. The fourth-order valence-electron chi connectivity index (χ4n) is 4.07. The molecule has 0 bridgehead atoms. The minimum absolute atomic E-state index is 0. The van der Waals surface area contributed by atoms with E-state index in [1.54, 1.807) is 0 Å². The monoisotopic (exact) mass is 466 g/mol. The maximum absolute atomic E-state index is 5.99. The molecule has 25 heavy (non-hydrogen) atoms. The Morgan fingerprint density at radius 3 is 2.40 bits per heavy atom. The number of hydrogen-bond acceptors (Lipinski definition) is 3. The third-order valence-corrected chi connectivity index (χ3v) is 5.42.